The van der Waals surface area contributed by atoms with Crippen molar-refractivity contribution in [2.45, 2.75) is 25.0 Å². The number of rotatable bonds is 1. The molecular weight excluding hydrogens is 254 g/mol. The summed E-state index contributed by atoms with van der Waals surface area (Å²) in [5.74, 6) is 0.666. The largest absolute Gasteiger partial charge is 0.480 e. The third-order valence-electron chi connectivity index (χ3n) is 3.35. The van der Waals surface area contributed by atoms with Crippen LogP contribution in [0.3, 0.4) is 0 Å². The minimum atomic E-state index is -0.746. The Hall–Kier alpha value is -1.26. The van der Waals surface area contributed by atoms with Crippen molar-refractivity contribution < 1.29 is 14.6 Å². The SMILES string of the molecule is CC1(O)CN(C(=O)C2Cc3cc(Cl)ccc3O2)C1. The normalized spacial score (nSPS) is 24.2. The first kappa shape index (κ1) is 11.8. The summed E-state index contributed by atoms with van der Waals surface area (Å²) in [4.78, 5) is 13.7. The zero-order chi connectivity index (χ0) is 12.9. The van der Waals surface area contributed by atoms with E-state index in [4.69, 9.17) is 16.3 Å². The molecule has 5 heteroatoms. The molecule has 2 aliphatic rings. The molecule has 0 bridgehead atoms. The van der Waals surface area contributed by atoms with E-state index in [1.807, 2.05) is 6.07 Å². The second-order valence-corrected chi connectivity index (χ2v) is 5.69. The van der Waals surface area contributed by atoms with Gasteiger partial charge in [-0.2, -0.15) is 0 Å². The van der Waals surface area contributed by atoms with Gasteiger partial charge in [-0.15, -0.1) is 0 Å². The molecule has 0 aliphatic carbocycles. The maximum atomic E-state index is 12.1. The zero-order valence-corrected chi connectivity index (χ0v) is 10.8. The second-order valence-electron chi connectivity index (χ2n) is 5.25. The molecule has 1 aromatic rings. The molecule has 0 spiro atoms. The molecule has 1 aromatic carbocycles. The van der Waals surface area contributed by atoms with E-state index in [0.29, 0.717) is 24.5 Å². The fraction of sp³-hybridized carbons (Fsp3) is 0.462. The maximum absolute atomic E-state index is 12.1. The number of nitrogens with zero attached hydrogens (tertiary/aromatic N) is 1. The summed E-state index contributed by atoms with van der Waals surface area (Å²) in [5, 5.41) is 10.3. The van der Waals surface area contributed by atoms with Crippen molar-refractivity contribution in [2.24, 2.45) is 0 Å². The highest BCUT2D eigenvalue weighted by Gasteiger charge is 2.43. The molecule has 0 saturated carbocycles. The van der Waals surface area contributed by atoms with Gasteiger partial charge in [-0.1, -0.05) is 11.6 Å². The smallest absolute Gasteiger partial charge is 0.264 e. The highest BCUT2D eigenvalue weighted by atomic mass is 35.5. The second kappa shape index (κ2) is 3.87. The van der Waals surface area contributed by atoms with Crippen LogP contribution in [-0.2, 0) is 11.2 Å². The number of fused-ring (bicyclic) bond motifs is 1. The number of amides is 1. The minimum Gasteiger partial charge on any atom is -0.480 e. The lowest BCUT2D eigenvalue weighted by molar-refractivity contribution is -0.158. The van der Waals surface area contributed by atoms with Gasteiger partial charge in [-0.3, -0.25) is 4.79 Å². The van der Waals surface area contributed by atoms with Crippen LogP contribution >= 0.6 is 11.6 Å². The van der Waals surface area contributed by atoms with E-state index in [2.05, 4.69) is 0 Å². The van der Waals surface area contributed by atoms with E-state index >= 15 is 0 Å². The van der Waals surface area contributed by atoms with Gasteiger partial charge in [0.1, 0.15) is 5.75 Å². The van der Waals surface area contributed by atoms with Gasteiger partial charge >= 0.3 is 0 Å². The molecule has 1 fully saturated rings. The highest BCUT2D eigenvalue weighted by Crippen LogP contribution is 2.33. The number of ether oxygens (including phenoxy) is 1. The van der Waals surface area contributed by atoms with Crippen molar-refractivity contribution in [1.29, 1.82) is 0 Å². The number of aliphatic hydroxyl groups is 1. The monoisotopic (exact) mass is 267 g/mol. The Balaban J connectivity index is 1.69. The molecule has 96 valence electrons. The number of β-amino-alcohol motifs (C(OH)–C–C–N with tert-alkyl or cyclic N) is 1. The number of hydrogen-bond acceptors (Lipinski definition) is 3. The topological polar surface area (TPSA) is 49.8 Å². The van der Waals surface area contributed by atoms with Crippen LogP contribution in [-0.4, -0.2) is 40.7 Å². The summed E-state index contributed by atoms with van der Waals surface area (Å²) in [6.07, 6.45) is 0.0717. The molecule has 2 heterocycles. The van der Waals surface area contributed by atoms with Crippen LogP contribution in [0.15, 0.2) is 18.2 Å². The van der Waals surface area contributed by atoms with E-state index in [1.54, 1.807) is 24.0 Å². The van der Waals surface area contributed by atoms with Gasteiger partial charge in [0.2, 0.25) is 0 Å². The molecule has 18 heavy (non-hydrogen) atoms. The van der Waals surface area contributed by atoms with Crippen LogP contribution < -0.4 is 4.74 Å². The van der Waals surface area contributed by atoms with Crippen molar-refractivity contribution in [3.63, 3.8) is 0 Å². The quantitative estimate of drug-likeness (QED) is 0.833. The number of likely N-dealkylation sites (tertiary alicyclic amines) is 1. The molecular formula is C13H14ClNO3. The predicted molar refractivity (Wildman–Crippen MR) is 66.8 cm³/mol. The molecule has 1 saturated heterocycles. The molecule has 0 radical (unpaired) electrons. The Morgan fingerprint density at radius 1 is 1.56 bits per heavy atom. The molecule has 1 unspecified atom stereocenters. The average Bonchev–Trinajstić information content (AvgIpc) is 2.67. The molecule has 2 aliphatic heterocycles. The highest BCUT2D eigenvalue weighted by molar-refractivity contribution is 6.30. The van der Waals surface area contributed by atoms with Crippen LogP contribution in [0.5, 0.6) is 5.75 Å². The first-order valence-electron chi connectivity index (χ1n) is 5.91. The average molecular weight is 268 g/mol. The number of hydrogen-bond donors (Lipinski definition) is 1. The zero-order valence-electron chi connectivity index (χ0n) is 10.0. The fourth-order valence-corrected chi connectivity index (χ4v) is 2.69. The van der Waals surface area contributed by atoms with Gasteiger partial charge in [-0.05, 0) is 30.7 Å². The van der Waals surface area contributed by atoms with Crippen molar-refractivity contribution in [3.8, 4) is 5.75 Å². The van der Waals surface area contributed by atoms with Gasteiger partial charge in [-0.25, -0.2) is 0 Å². The lowest BCUT2D eigenvalue weighted by atomic mass is 9.96. The predicted octanol–water partition coefficient (Wildman–Crippen LogP) is 1.24. The van der Waals surface area contributed by atoms with Crippen molar-refractivity contribution in [3.05, 3.63) is 28.8 Å². The summed E-state index contributed by atoms with van der Waals surface area (Å²) >= 11 is 5.91. The number of carbonyl (C=O) groups excluding carboxylic acids is 1. The number of benzene rings is 1. The van der Waals surface area contributed by atoms with Crippen LogP contribution in [0.4, 0.5) is 0 Å². The maximum Gasteiger partial charge on any atom is 0.264 e. The first-order chi connectivity index (χ1) is 8.44. The lowest BCUT2D eigenvalue weighted by Crippen LogP contribution is -2.63. The fourth-order valence-electron chi connectivity index (χ4n) is 2.49. The third kappa shape index (κ3) is 1.95. The summed E-state index contributed by atoms with van der Waals surface area (Å²) in [6, 6.07) is 5.37. The van der Waals surface area contributed by atoms with E-state index in [9.17, 15) is 9.90 Å². The van der Waals surface area contributed by atoms with Crippen LogP contribution in [0.2, 0.25) is 5.02 Å². The Kier molecular flexibility index (Phi) is 2.54. The minimum absolute atomic E-state index is 0.0613. The van der Waals surface area contributed by atoms with Gasteiger partial charge in [0.25, 0.3) is 5.91 Å². The molecule has 1 atom stereocenters. The van der Waals surface area contributed by atoms with Crippen LogP contribution in [0, 0.1) is 0 Å². The van der Waals surface area contributed by atoms with Crippen LogP contribution in [0.25, 0.3) is 0 Å². The lowest BCUT2D eigenvalue weighted by Gasteiger charge is -2.44. The Labute approximate surface area is 110 Å². The van der Waals surface area contributed by atoms with E-state index in [0.717, 1.165) is 11.3 Å². The molecule has 1 amide bonds. The molecule has 1 N–H and O–H groups in total. The molecule has 0 aromatic heterocycles. The number of halogens is 1. The summed E-state index contributed by atoms with van der Waals surface area (Å²) in [7, 11) is 0. The van der Waals surface area contributed by atoms with E-state index < -0.39 is 11.7 Å². The van der Waals surface area contributed by atoms with E-state index in [-0.39, 0.29) is 5.91 Å². The van der Waals surface area contributed by atoms with Crippen LogP contribution in [0.1, 0.15) is 12.5 Å². The van der Waals surface area contributed by atoms with Gasteiger partial charge in [0.15, 0.2) is 6.10 Å². The van der Waals surface area contributed by atoms with Gasteiger partial charge in [0, 0.05) is 11.4 Å². The Morgan fingerprint density at radius 3 is 2.94 bits per heavy atom. The summed E-state index contributed by atoms with van der Waals surface area (Å²) in [5.41, 5.74) is 0.220. The van der Waals surface area contributed by atoms with E-state index in [1.165, 1.54) is 0 Å². The first-order valence-corrected chi connectivity index (χ1v) is 6.29. The van der Waals surface area contributed by atoms with Gasteiger partial charge < -0.3 is 14.7 Å². The third-order valence-corrected chi connectivity index (χ3v) is 3.58. The molecule has 4 nitrogen and oxygen atoms in total. The Bertz CT molecular complexity index is 507. The van der Waals surface area contributed by atoms with Crippen molar-refractivity contribution in [2.75, 3.05) is 13.1 Å². The summed E-state index contributed by atoms with van der Waals surface area (Å²) in [6.45, 7) is 2.48. The standard InChI is InChI=1S/C13H14ClNO3/c1-13(17)6-15(7-13)12(16)11-5-8-4-9(14)2-3-10(8)18-11/h2-4,11,17H,5-7H2,1H3. The molecule has 3 rings (SSSR count). The van der Waals surface area contributed by atoms with Gasteiger partial charge in [0.05, 0.1) is 18.7 Å². The number of carbonyl (C=O) groups is 1. The van der Waals surface area contributed by atoms with Crippen molar-refractivity contribution in [1.82, 2.24) is 4.90 Å². The van der Waals surface area contributed by atoms with Crippen molar-refractivity contribution >= 4 is 17.5 Å². The summed E-state index contributed by atoms with van der Waals surface area (Å²) < 4.78 is 5.62. The Morgan fingerprint density at radius 2 is 2.28 bits per heavy atom.